The molecule has 1 aliphatic rings. The summed E-state index contributed by atoms with van der Waals surface area (Å²) in [5, 5.41) is 1.70. The summed E-state index contributed by atoms with van der Waals surface area (Å²) in [7, 11) is 0. The molecular formula is C69H59N5O. The molecule has 0 amide bonds. The van der Waals surface area contributed by atoms with E-state index >= 15 is 0 Å². The van der Waals surface area contributed by atoms with E-state index < -0.39 is 55.2 Å². The smallest absolute Gasteiger partial charge is 0.137 e. The van der Waals surface area contributed by atoms with E-state index in [4.69, 9.17) is 24.8 Å². The van der Waals surface area contributed by atoms with E-state index in [9.17, 15) is 0 Å². The van der Waals surface area contributed by atoms with Crippen LogP contribution < -0.4 is 14.5 Å². The molecule has 6 heteroatoms. The number of rotatable bonds is 8. The first-order chi connectivity index (χ1) is 40.9. The Morgan fingerprint density at radius 3 is 1.87 bits per heavy atom. The third-order valence-electron chi connectivity index (χ3n) is 14.5. The van der Waals surface area contributed by atoms with Crippen LogP contribution in [-0.4, -0.2) is 20.8 Å². The summed E-state index contributed by atoms with van der Waals surface area (Å²) < 4.78 is 107. The SMILES string of the molecule is [2H]c1c([2H])c([2H])c2c(c1[2H])c1c([2H])c([2H])c([2H])c([2H])c1n2-c1cccc(-c2cnc(-n3c4ccccc4c4ccc(Oc5cccc(N6CN(c7cc(C(C)(C)C)cc(C(C)(C)C)c7)c7cc(-c8ccccc8)ccc76)c5)cc43)cc2C([2H])([2H])[2H])c1. The van der Waals surface area contributed by atoms with E-state index in [1.807, 2.05) is 65.2 Å². The maximum Gasteiger partial charge on any atom is 0.137 e. The van der Waals surface area contributed by atoms with Crippen molar-refractivity contribution in [3.05, 3.63) is 235 Å². The van der Waals surface area contributed by atoms with Crippen LogP contribution in [0.4, 0.5) is 22.7 Å². The summed E-state index contributed by atoms with van der Waals surface area (Å²) in [5.74, 6) is 1.50. The molecule has 13 rings (SSSR count). The van der Waals surface area contributed by atoms with Crippen molar-refractivity contribution in [3.8, 4) is 45.3 Å². The van der Waals surface area contributed by atoms with E-state index in [2.05, 4.69) is 124 Å². The molecule has 0 bridgehead atoms. The Hall–Kier alpha value is -8.87. The van der Waals surface area contributed by atoms with Gasteiger partial charge in [0.15, 0.2) is 0 Å². The van der Waals surface area contributed by atoms with Crippen molar-refractivity contribution in [2.24, 2.45) is 0 Å². The highest BCUT2D eigenvalue weighted by Gasteiger charge is 2.31. The van der Waals surface area contributed by atoms with Crippen LogP contribution in [0.2, 0.25) is 0 Å². The van der Waals surface area contributed by atoms with Gasteiger partial charge in [-0.2, -0.15) is 0 Å². The lowest BCUT2D eigenvalue weighted by molar-refractivity contribution is 0.483. The van der Waals surface area contributed by atoms with Gasteiger partial charge in [-0.1, -0.05) is 157 Å². The van der Waals surface area contributed by atoms with Gasteiger partial charge in [-0.3, -0.25) is 4.57 Å². The van der Waals surface area contributed by atoms with Gasteiger partial charge in [0.05, 0.1) is 44.4 Å². The maximum absolute atomic E-state index is 9.04. The Balaban J connectivity index is 0.888. The van der Waals surface area contributed by atoms with Crippen molar-refractivity contribution in [2.75, 3.05) is 16.5 Å². The zero-order chi connectivity index (χ0) is 60.6. The predicted octanol–water partition coefficient (Wildman–Crippen LogP) is 18.6. The Labute approximate surface area is 454 Å². The summed E-state index contributed by atoms with van der Waals surface area (Å²) in [5.41, 5.74) is 11.2. The predicted molar refractivity (Wildman–Crippen MR) is 314 cm³/mol. The number of hydrogen-bond donors (Lipinski definition) is 0. The fraction of sp³-hybridized carbons (Fsp3) is 0.145. The molecule has 3 aromatic heterocycles. The second-order valence-electron chi connectivity index (χ2n) is 21.4. The highest BCUT2D eigenvalue weighted by atomic mass is 16.5. The van der Waals surface area contributed by atoms with Gasteiger partial charge in [0.1, 0.15) is 24.0 Å². The van der Waals surface area contributed by atoms with Crippen molar-refractivity contribution in [1.82, 2.24) is 14.1 Å². The topological polar surface area (TPSA) is 38.5 Å². The monoisotopic (exact) mass is 985 g/mol. The third-order valence-corrected chi connectivity index (χ3v) is 14.5. The summed E-state index contributed by atoms with van der Waals surface area (Å²) in [6, 6.07) is 50.3. The molecule has 0 fully saturated rings. The van der Waals surface area contributed by atoms with Crippen LogP contribution in [-0.2, 0) is 10.8 Å². The van der Waals surface area contributed by atoms with Crippen LogP contribution in [0, 0.1) is 6.85 Å². The summed E-state index contributed by atoms with van der Waals surface area (Å²) in [6.07, 6.45) is 1.51. The molecule has 0 saturated heterocycles. The quantitative estimate of drug-likeness (QED) is 0.152. The largest absolute Gasteiger partial charge is 0.457 e. The molecule has 6 nitrogen and oxygen atoms in total. The third kappa shape index (κ3) is 8.09. The molecular weight excluding hydrogens is 915 g/mol. The fourth-order valence-corrected chi connectivity index (χ4v) is 10.5. The number of pyridine rings is 1. The Bertz CT molecular complexity index is 4680. The zero-order valence-corrected chi connectivity index (χ0v) is 42.5. The van der Waals surface area contributed by atoms with Crippen molar-refractivity contribution in [2.45, 2.75) is 59.2 Å². The van der Waals surface area contributed by atoms with Gasteiger partial charge < -0.3 is 19.1 Å². The number of benzene rings is 9. The van der Waals surface area contributed by atoms with Gasteiger partial charge in [0.2, 0.25) is 0 Å². The normalized spacial score (nSPS) is 15.1. The lowest BCUT2D eigenvalue weighted by Gasteiger charge is -2.29. The zero-order valence-electron chi connectivity index (χ0n) is 53.5. The highest BCUT2D eigenvalue weighted by Crippen LogP contribution is 2.48. The number of anilines is 4. The summed E-state index contributed by atoms with van der Waals surface area (Å²) in [6.45, 7) is 11.5. The van der Waals surface area contributed by atoms with Crippen molar-refractivity contribution in [3.63, 3.8) is 0 Å². The van der Waals surface area contributed by atoms with Crippen LogP contribution >= 0.6 is 0 Å². The number of nitrogens with zero attached hydrogens (tertiary/aromatic N) is 5. The van der Waals surface area contributed by atoms with Crippen LogP contribution in [0.5, 0.6) is 11.5 Å². The molecule has 75 heavy (non-hydrogen) atoms. The first-order valence-corrected chi connectivity index (χ1v) is 25.2. The van der Waals surface area contributed by atoms with Gasteiger partial charge in [0, 0.05) is 66.6 Å². The van der Waals surface area contributed by atoms with Crippen LogP contribution in [0.15, 0.2) is 218 Å². The molecule has 0 unspecified atom stereocenters. The first kappa shape index (κ1) is 35.3. The molecule has 0 atom stereocenters. The molecule has 12 aromatic rings. The van der Waals surface area contributed by atoms with Gasteiger partial charge in [0.25, 0.3) is 0 Å². The van der Waals surface area contributed by atoms with Gasteiger partial charge >= 0.3 is 0 Å². The minimum atomic E-state index is -2.67. The van der Waals surface area contributed by atoms with E-state index in [-0.39, 0.29) is 49.5 Å². The molecule has 366 valence electrons. The van der Waals surface area contributed by atoms with Crippen LogP contribution in [0.25, 0.3) is 77.4 Å². The van der Waals surface area contributed by atoms with Crippen molar-refractivity contribution in [1.29, 1.82) is 0 Å². The first-order valence-electron chi connectivity index (χ1n) is 30.7. The van der Waals surface area contributed by atoms with Crippen LogP contribution in [0.3, 0.4) is 0 Å². The number of para-hydroxylation sites is 3. The van der Waals surface area contributed by atoms with E-state index in [1.165, 1.54) is 21.9 Å². The van der Waals surface area contributed by atoms with Gasteiger partial charge in [-0.15, -0.1) is 0 Å². The lowest BCUT2D eigenvalue weighted by atomic mass is 9.80. The average molecular weight is 985 g/mol. The molecule has 0 aliphatic carbocycles. The summed E-state index contributed by atoms with van der Waals surface area (Å²) >= 11 is 0. The summed E-state index contributed by atoms with van der Waals surface area (Å²) in [4.78, 5) is 9.72. The fourth-order valence-electron chi connectivity index (χ4n) is 10.5. The Morgan fingerprint density at radius 1 is 0.467 bits per heavy atom. The van der Waals surface area contributed by atoms with E-state index in [0.29, 0.717) is 29.5 Å². The van der Waals surface area contributed by atoms with E-state index in [1.54, 1.807) is 30.3 Å². The number of aromatic nitrogens is 3. The molecule has 4 heterocycles. The number of fused-ring (bicyclic) bond motifs is 7. The van der Waals surface area contributed by atoms with Crippen molar-refractivity contribution < 1.29 is 19.8 Å². The van der Waals surface area contributed by atoms with Crippen LogP contribution in [0.1, 0.15) is 73.3 Å². The molecule has 0 N–H and O–H groups in total. The standard InChI is InChI=1S/C69H59N5O/c1-45-35-67(70-43-60(45)48-21-17-23-52(36-48)73-61-28-14-11-25-56(61)57-26-12-15-29-62(57)73)74-63-30-16-13-27-58(63)59-33-32-55(42-65(59)74)75-54-24-18-22-51(41-54)71-44-72(53-39-49(68(2,3)4)38-50(40-53)69(5,6)7)66-37-47(31-34-64(66)71)46-19-9-8-10-20-46/h8-43H,44H2,1-7H3/i1D3,11D,12D,14D,15D,25D,26D,28D,29D. The second kappa shape index (κ2) is 17.7. The number of aryl methyl sites for hydroxylation is 1. The molecule has 1 aliphatic heterocycles. The Kier molecular flexibility index (Phi) is 8.32. The van der Waals surface area contributed by atoms with E-state index in [0.717, 1.165) is 55.7 Å². The highest BCUT2D eigenvalue weighted by molar-refractivity contribution is 6.10. The minimum Gasteiger partial charge on any atom is -0.457 e. The molecule has 0 spiro atoms. The average Bonchev–Trinajstić information content (AvgIpc) is 1.57. The second-order valence-corrected chi connectivity index (χ2v) is 21.4. The van der Waals surface area contributed by atoms with Gasteiger partial charge in [-0.25, -0.2) is 4.98 Å². The lowest BCUT2D eigenvalue weighted by Crippen LogP contribution is -2.25. The molecule has 0 saturated carbocycles. The molecule has 0 radical (unpaired) electrons. The van der Waals surface area contributed by atoms with Gasteiger partial charge in [-0.05, 0) is 136 Å². The van der Waals surface area contributed by atoms with Crippen molar-refractivity contribution >= 4 is 66.4 Å². The minimum absolute atomic E-state index is 0.0178. The molecule has 9 aromatic carbocycles. The maximum atomic E-state index is 9.04. The Morgan fingerprint density at radius 2 is 1.12 bits per heavy atom. The number of hydrogen-bond acceptors (Lipinski definition) is 4. The number of ether oxygens (including phenoxy) is 1.